The maximum Gasteiger partial charge on any atom is 0.251 e. The van der Waals surface area contributed by atoms with Gasteiger partial charge in [0, 0.05) is 15.6 Å². The van der Waals surface area contributed by atoms with Crippen molar-refractivity contribution in [1.29, 1.82) is 0 Å². The standard InChI is InChI=1S/C13H8Cl2FNO/c14-8-2-4-9(11(15)6-8)7-1-3-10(13(17)18)12(16)5-7/h1-6H,(H2,17,18). The molecule has 2 rings (SSSR count). The third-order valence-corrected chi connectivity index (χ3v) is 3.02. The summed E-state index contributed by atoms with van der Waals surface area (Å²) in [4.78, 5) is 10.9. The molecular formula is C13H8Cl2FNO. The van der Waals surface area contributed by atoms with Gasteiger partial charge in [0.1, 0.15) is 5.82 Å². The minimum absolute atomic E-state index is 0.149. The lowest BCUT2D eigenvalue weighted by atomic mass is 10.0. The largest absolute Gasteiger partial charge is 0.366 e. The highest BCUT2D eigenvalue weighted by Gasteiger charge is 2.11. The van der Waals surface area contributed by atoms with Crippen molar-refractivity contribution < 1.29 is 9.18 Å². The smallest absolute Gasteiger partial charge is 0.251 e. The summed E-state index contributed by atoms with van der Waals surface area (Å²) in [7, 11) is 0. The van der Waals surface area contributed by atoms with Gasteiger partial charge < -0.3 is 5.73 Å². The van der Waals surface area contributed by atoms with E-state index in [0.717, 1.165) is 0 Å². The Morgan fingerprint density at radius 2 is 1.83 bits per heavy atom. The SMILES string of the molecule is NC(=O)c1ccc(-c2ccc(Cl)cc2Cl)cc1F. The molecule has 2 aromatic carbocycles. The van der Waals surface area contributed by atoms with Crippen LogP contribution in [-0.2, 0) is 0 Å². The van der Waals surface area contributed by atoms with E-state index in [1.54, 1.807) is 24.3 Å². The highest BCUT2D eigenvalue weighted by atomic mass is 35.5. The van der Waals surface area contributed by atoms with Crippen molar-refractivity contribution in [2.24, 2.45) is 5.73 Å². The molecule has 0 spiro atoms. The number of halogens is 3. The molecule has 0 aliphatic rings. The molecule has 0 unspecified atom stereocenters. The summed E-state index contributed by atoms with van der Waals surface area (Å²) in [6, 6.07) is 9.04. The summed E-state index contributed by atoms with van der Waals surface area (Å²) in [6.45, 7) is 0. The molecule has 0 aromatic heterocycles. The van der Waals surface area contributed by atoms with Gasteiger partial charge in [-0.15, -0.1) is 0 Å². The van der Waals surface area contributed by atoms with Crippen LogP contribution in [0.25, 0.3) is 11.1 Å². The molecular weight excluding hydrogens is 276 g/mol. The molecule has 18 heavy (non-hydrogen) atoms. The van der Waals surface area contributed by atoms with E-state index in [4.69, 9.17) is 28.9 Å². The monoisotopic (exact) mass is 283 g/mol. The highest BCUT2D eigenvalue weighted by molar-refractivity contribution is 6.36. The van der Waals surface area contributed by atoms with Crippen LogP contribution < -0.4 is 5.73 Å². The van der Waals surface area contributed by atoms with E-state index in [-0.39, 0.29) is 5.56 Å². The van der Waals surface area contributed by atoms with Crippen LogP contribution in [0.1, 0.15) is 10.4 Å². The van der Waals surface area contributed by atoms with Gasteiger partial charge in [0.25, 0.3) is 5.91 Å². The molecule has 2 aromatic rings. The van der Waals surface area contributed by atoms with Crippen LogP contribution in [0.2, 0.25) is 10.0 Å². The molecule has 0 radical (unpaired) electrons. The maximum absolute atomic E-state index is 13.6. The lowest BCUT2D eigenvalue weighted by molar-refractivity contribution is 0.0996. The average Bonchev–Trinajstić information content (AvgIpc) is 2.28. The van der Waals surface area contributed by atoms with E-state index >= 15 is 0 Å². The van der Waals surface area contributed by atoms with Gasteiger partial charge in [-0.2, -0.15) is 0 Å². The Bertz CT molecular complexity index is 628. The Hall–Kier alpha value is -1.58. The Kier molecular flexibility index (Phi) is 3.55. The van der Waals surface area contributed by atoms with Crippen molar-refractivity contribution in [3.8, 4) is 11.1 Å². The first-order chi connectivity index (χ1) is 8.49. The molecule has 0 saturated carbocycles. The van der Waals surface area contributed by atoms with Gasteiger partial charge in [0.05, 0.1) is 5.56 Å². The predicted octanol–water partition coefficient (Wildman–Crippen LogP) is 3.90. The Morgan fingerprint density at radius 3 is 2.39 bits per heavy atom. The zero-order valence-corrected chi connectivity index (χ0v) is 10.6. The van der Waals surface area contributed by atoms with Crippen molar-refractivity contribution >= 4 is 29.1 Å². The lowest BCUT2D eigenvalue weighted by Gasteiger charge is -2.06. The third kappa shape index (κ3) is 2.47. The minimum Gasteiger partial charge on any atom is -0.366 e. The van der Waals surface area contributed by atoms with Crippen molar-refractivity contribution in [1.82, 2.24) is 0 Å². The first-order valence-electron chi connectivity index (χ1n) is 5.04. The van der Waals surface area contributed by atoms with E-state index in [9.17, 15) is 9.18 Å². The van der Waals surface area contributed by atoms with Gasteiger partial charge in [-0.25, -0.2) is 4.39 Å². The first-order valence-corrected chi connectivity index (χ1v) is 5.79. The number of hydrogen-bond acceptors (Lipinski definition) is 1. The molecule has 92 valence electrons. The zero-order chi connectivity index (χ0) is 13.3. The van der Waals surface area contributed by atoms with Crippen molar-refractivity contribution in [3.63, 3.8) is 0 Å². The van der Waals surface area contributed by atoms with E-state index in [2.05, 4.69) is 0 Å². The molecule has 5 heteroatoms. The van der Waals surface area contributed by atoms with Crippen LogP contribution in [0, 0.1) is 5.82 Å². The fourth-order valence-corrected chi connectivity index (χ4v) is 2.12. The highest BCUT2D eigenvalue weighted by Crippen LogP contribution is 2.31. The Balaban J connectivity index is 2.52. The van der Waals surface area contributed by atoms with Crippen LogP contribution >= 0.6 is 23.2 Å². The van der Waals surface area contributed by atoms with Gasteiger partial charge in [-0.1, -0.05) is 35.3 Å². The van der Waals surface area contributed by atoms with Crippen LogP contribution in [0.3, 0.4) is 0 Å². The van der Waals surface area contributed by atoms with Crippen LogP contribution in [-0.4, -0.2) is 5.91 Å². The molecule has 2 N–H and O–H groups in total. The minimum atomic E-state index is -0.804. The number of benzene rings is 2. The maximum atomic E-state index is 13.6. The topological polar surface area (TPSA) is 43.1 Å². The summed E-state index contributed by atoms with van der Waals surface area (Å²) in [6.07, 6.45) is 0. The Morgan fingerprint density at radius 1 is 1.11 bits per heavy atom. The predicted molar refractivity (Wildman–Crippen MR) is 70.4 cm³/mol. The summed E-state index contributed by atoms with van der Waals surface area (Å²) < 4.78 is 13.6. The fraction of sp³-hybridized carbons (Fsp3) is 0. The van der Waals surface area contributed by atoms with E-state index in [1.165, 1.54) is 12.1 Å². The molecule has 1 amide bonds. The van der Waals surface area contributed by atoms with Crippen molar-refractivity contribution in [2.75, 3.05) is 0 Å². The number of primary amides is 1. The van der Waals surface area contributed by atoms with Crippen LogP contribution in [0.5, 0.6) is 0 Å². The van der Waals surface area contributed by atoms with E-state index in [0.29, 0.717) is 21.2 Å². The third-order valence-electron chi connectivity index (χ3n) is 2.48. The van der Waals surface area contributed by atoms with Gasteiger partial charge in [-0.3, -0.25) is 4.79 Å². The first kappa shape index (κ1) is 12.9. The number of carbonyl (C=O) groups is 1. The number of hydrogen-bond donors (Lipinski definition) is 1. The summed E-state index contributed by atoms with van der Waals surface area (Å²) in [5.41, 5.74) is 6.07. The second-order valence-electron chi connectivity index (χ2n) is 3.68. The molecule has 0 aliphatic heterocycles. The quantitative estimate of drug-likeness (QED) is 0.893. The van der Waals surface area contributed by atoms with Crippen LogP contribution in [0.4, 0.5) is 4.39 Å². The zero-order valence-electron chi connectivity index (χ0n) is 9.08. The average molecular weight is 284 g/mol. The Labute approximate surface area is 113 Å². The van der Waals surface area contributed by atoms with Gasteiger partial charge in [0.15, 0.2) is 0 Å². The van der Waals surface area contributed by atoms with Crippen molar-refractivity contribution in [2.45, 2.75) is 0 Å². The molecule has 0 fully saturated rings. The molecule has 0 saturated heterocycles. The van der Waals surface area contributed by atoms with E-state index < -0.39 is 11.7 Å². The lowest BCUT2D eigenvalue weighted by Crippen LogP contribution is -2.12. The van der Waals surface area contributed by atoms with Crippen LogP contribution in [0.15, 0.2) is 36.4 Å². The second kappa shape index (κ2) is 4.96. The molecule has 0 heterocycles. The molecule has 2 nitrogen and oxygen atoms in total. The number of rotatable bonds is 2. The fourth-order valence-electron chi connectivity index (χ4n) is 1.61. The number of amides is 1. The molecule has 0 aliphatic carbocycles. The summed E-state index contributed by atoms with van der Waals surface area (Å²) >= 11 is 11.8. The van der Waals surface area contributed by atoms with Gasteiger partial charge in [0.2, 0.25) is 0 Å². The van der Waals surface area contributed by atoms with Crippen molar-refractivity contribution in [3.05, 3.63) is 57.8 Å². The molecule has 0 atom stereocenters. The summed E-state index contributed by atoms with van der Waals surface area (Å²) in [5, 5.41) is 0.909. The normalized spacial score (nSPS) is 10.4. The second-order valence-corrected chi connectivity index (χ2v) is 4.53. The number of carbonyl (C=O) groups excluding carboxylic acids is 1. The molecule has 0 bridgehead atoms. The number of nitrogens with two attached hydrogens (primary N) is 1. The van der Waals surface area contributed by atoms with Gasteiger partial charge in [-0.05, 0) is 29.8 Å². The van der Waals surface area contributed by atoms with E-state index in [1.807, 2.05) is 0 Å². The van der Waals surface area contributed by atoms with Gasteiger partial charge >= 0.3 is 0 Å². The summed E-state index contributed by atoms with van der Waals surface area (Å²) in [5.74, 6) is -1.48.